The van der Waals surface area contributed by atoms with Crippen molar-refractivity contribution in [2.75, 3.05) is 11.0 Å². The monoisotopic (exact) mass is 588 g/mol. The zero-order valence-corrected chi connectivity index (χ0v) is 24.5. The third-order valence-corrected chi connectivity index (χ3v) is 7.70. The Hall–Kier alpha value is -3.32. The molecule has 0 unspecified atom stereocenters. The lowest BCUT2D eigenvalue weighted by Gasteiger charge is -2.38. The Kier molecular flexibility index (Phi) is 10.4. The van der Waals surface area contributed by atoms with Crippen LogP contribution in [0.25, 0.3) is 0 Å². The van der Waals surface area contributed by atoms with Gasteiger partial charge in [0.05, 0.1) is 24.3 Å². The van der Waals surface area contributed by atoms with Crippen molar-refractivity contribution in [3.63, 3.8) is 0 Å². The number of rotatable bonds is 12. The van der Waals surface area contributed by atoms with Crippen molar-refractivity contribution < 1.29 is 28.2 Å². The number of hydrogen-bond donors (Lipinski definition) is 5. The molecule has 1 heterocycles. The molecule has 2 aromatic carbocycles. The number of aliphatic hydroxyl groups excluding tert-OH is 2. The number of nitrogens with one attached hydrogen (secondary N) is 3. The van der Waals surface area contributed by atoms with Crippen LogP contribution in [0.2, 0.25) is 0 Å². The molecular weight excluding hydrogens is 552 g/mol. The zero-order valence-electron chi connectivity index (χ0n) is 22.9. The van der Waals surface area contributed by atoms with Gasteiger partial charge in [-0.25, -0.2) is 13.4 Å². The molecule has 2 amide bonds. The topological polar surface area (TPSA) is 158 Å². The molecule has 10 nitrogen and oxygen atoms in total. The largest absolute Gasteiger partial charge is 0.389 e. The normalized spacial score (nSPS) is 14.9. The SMILES string of the molecule is CC(C)(C)[C@@H](C(=O)NCc1ccccc1)[C@@H](O)[C@H](O)[C@H](Cc1ccccc1)NC(=O)c1csc(NS(C)(=O)=O)n1. The summed E-state index contributed by atoms with van der Waals surface area (Å²) in [6.07, 6.45) is -1.92. The Balaban J connectivity index is 1.83. The van der Waals surface area contributed by atoms with E-state index < -0.39 is 51.4 Å². The van der Waals surface area contributed by atoms with Crippen LogP contribution in [0, 0.1) is 11.3 Å². The van der Waals surface area contributed by atoms with Crippen LogP contribution in [-0.4, -0.2) is 59.9 Å². The summed E-state index contributed by atoms with van der Waals surface area (Å²) in [7, 11) is -3.58. The van der Waals surface area contributed by atoms with E-state index in [1.807, 2.05) is 60.7 Å². The van der Waals surface area contributed by atoms with Crippen LogP contribution < -0.4 is 15.4 Å². The fraction of sp³-hybridized carbons (Fsp3) is 0.393. The molecule has 5 N–H and O–H groups in total. The van der Waals surface area contributed by atoms with Crippen LogP contribution in [0.15, 0.2) is 66.0 Å². The summed E-state index contributed by atoms with van der Waals surface area (Å²) in [4.78, 5) is 30.4. The van der Waals surface area contributed by atoms with E-state index in [-0.39, 0.29) is 23.8 Å². The van der Waals surface area contributed by atoms with Gasteiger partial charge in [-0.15, -0.1) is 11.3 Å². The maximum Gasteiger partial charge on any atom is 0.271 e. The van der Waals surface area contributed by atoms with E-state index in [4.69, 9.17) is 0 Å². The average Bonchev–Trinajstić information content (AvgIpc) is 3.34. The van der Waals surface area contributed by atoms with Crippen molar-refractivity contribution in [3.8, 4) is 0 Å². The number of nitrogens with zero attached hydrogens (tertiary/aromatic N) is 1. The molecule has 1 aromatic heterocycles. The molecule has 0 spiro atoms. The Labute approximate surface area is 238 Å². The first-order valence-corrected chi connectivity index (χ1v) is 15.5. The number of sulfonamides is 1. The van der Waals surface area contributed by atoms with Gasteiger partial charge in [0.2, 0.25) is 15.9 Å². The molecule has 0 saturated carbocycles. The maximum absolute atomic E-state index is 13.3. The van der Waals surface area contributed by atoms with Gasteiger partial charge < -0.3 is 20.8 Å². The number of amides is 2. The molecule has 4 atom stereocenters. The smallest absolute Gasteiger partial charge is 0.271 e. The van der Waals surface area contributed by atoms with Gasteiger partial charge in [0, 0.05) is 11.9 Å². The number of anilines is 1. The van der Waals surface area contributed by atoms with Crippen LogP contribution in [0.3, 0.4) is 0 Å². The van der Waals surface area contributed by atoms with Gasteiger partial charge >= 0.3 is 0 Å². The first-order chi connectivity index (χ1) is 18.7. The van der Waals surface area contributed by atoms with Crippen LogP contribution >= 0.6 is 11.3 Å². The minimum atomic E-state index is -3.58. The van der Waals surface area contributed by atoms with E-state index in [1.54, 1.807) is 20.8 Å². The molecular formula is C28H36N4O6S2. The molecule has 0 fully saturated rings. The second kappa shape index (κ2) is 13.4. The highest BCUT2D eigenvalue weighted by Gasteiger charge is 2.43. The summed E-state index contributed by atoms with van der Waals surface area (Å²) in [5.74, 6) is -2.10. The van der Waals surface area contributed by atoms with E-state index in [0.29, 0.717) is 0 Å². The lowest BCUT2D eigenvalue weighted by atomic mass is 9.74. The number of thiazole rings is 1. The third kappa shape index (κ3) is 9.12. The molecule has 0 saturated heterocycles. The van der Waals surface area contributed by atoms with Crippen molar-refractivity contribution in [1.82, 2.24) is 15.6 Å². The highest BCUT2D eigenvalue weighted by atomic mass is 32.2. The molecule has 0 radical (unpaired) electrons. The van der Waals surface area contributed by atoms with Gasteiger partial charge in [0.15, 0.2) is 5.13 Å². The second-order valence-corrected chi connectivity index (χ2v) is 13.3. The summed E-state index contributed by atoms with van der Waals surface area (Å²) in [5, 5.41) is 29.8. The van der Waals surface area contributed by atoms with Crippen LogP contribution in [0.4, 0.5) is 5.13 Å². The van der Waals surface area contributed by atoms with Gasteiger partial charge in [-0.05, 0) is 23.0 Å². The number of carbonyl (C=O) groups excluding carboxylic acids is 2. The molecule has 0 aliphatic heterocycles. The summed E-state index contributed by atoms with van der Waals surface area (Å²) >= 11 is 0.939. The van der Waals surface area contributed by atoms with Crippen molar-refractivity contribution in [2.45, 2.75) is 52.0 Å². The average molecular weight is 589 g/mol. The highest BCUT2D eigenvalue weighted by Crippen LogP contribution is 2.32. The predicted octanol–water partition coefficient (Wildman–Crippen LogP) is 2.56. The van der Waals surface area contributed by atoms with Crippen molar-refractivity contribution in [3.05, 3.63) is 82.9 Å². The standard InChI is InChI=1S/C28H36N4O6S2/c1-28(2,3)22(26(36)29-16-19-13-9-6-10-14-19)24(34)23(33)20(15-18-11-7-5-8-12-18)30-25(35)21-17-39-27(31-21)32-40(4,37)38/h5-14,17,20,22-24,33-34H,15-16H2,1-4H3,(H,29,36)(H,30,35)(H,31,32)/t20-,22+,23+,24+/m0/s1. The lowest BCUT2D eigenvalue weighted by Crippen LogP contribution is -2.56. The molecule has 0 bridgehead atoms. The number of hydrogen-bond acceptors (Lipinski definition) is 8. The fourth-order valence-electron chi connectivity index (χ4n) is 4.34. The van der Waals surface area contributed by atoms with Gasteiger partial charge in [0.1, 0.15) is 11.8 Å². The number of aromatic nitrogens is 1. The van der Waals surface area contributed by atoms with E-state index in [0.717, 1.165) is 28.7 Å². The van der Waals surface area contributed by atoms with Crippen LogP contribution in [-0.2, 0) is 27.8 Å². The van der Waals surface area contributed by atoms with Crippen LogP contribution in [0.1, 0.15) is 42.4 Å². The van der Waals surface area contributed by atoms with Gasteiger partial charge in [-0.3, -0.25) is 14.3 Å². The molecule has 40 heavy (non-hydrogen) atoms. The summed E-state index contributed by atoms with van der Waals surface area (Å²) in [5.41, 5.74) is 0.895. The second-order valence-electron chi connectivity index (χ2n) is 10.7. The first-order valence-electron chi connectivity index (χ1n) is 12.7. The molecule has 12 heteroatoms. The van der Waals surface area contributed by atoms with E-state index in [9.17, 15) is 28.2 Å². The number of aliphatic hydroxyl groups is 2. The van der Waals surface area contributed by atoms with Gasteiger partial charge in [-0.2, -0.15) is 0 Å². The molecule has 0 aliphatic rings. The van der Waals surface area contributed by atoms with E-state index >= 15 is 0 Å². The van der Waals surface area contributed by atoms with Gasteiger partial charge in [0.25, 0.3) is 5.91 Å². The molecule has 3 rings (SSSR count). The Morgan fingerprint density at radius 2 is 1.52 bits per heavy atom. The van der Waals surface area contributed by atoms with Crippen molar-refractivity contribution >= 4 is 38.3 Å². The minimum absolute atomic E-state index is 0.0238. The maximum atomic E-state index is 13.3. The summed E-state index contributed by atoms with van der Waals surface area (Å²) < 4.78 is 25.3. The Morgan fingerprint density at radius 1 is 0.950 bits per heavy atom. The fourth-order valence-corrected chi connectivity index (χ4v) is 5.89. The zero-order chi connectivity index (χ0) is 29.5. The molecule has 3 aromatic rings. The minimum Gasteiger partial charge on any atom is -0.389 e. The van der Waals surface area contributed by atoms with E-state index in [1.165, 1.54) is 5.38 Å². The Morgan fingerprint density at radius 3 is 2.08 bits per heavy atom. The molecule has 0 aliphatic carbocycles. The first kappa shape index (κ1) is 31.2. The quantitative estimate of drug-likeness (QED) is 0.218. The van der Waals surface area contributed by atoms with Crippen LogP contribution in [0.5, 0.6) is 0 Å². The predicted molar refractivity (Wildman–Crippen MR) is 155 cm³/mol. The summed E-state index contributed by atoms with van der Waals surface area (Å²) in [6.45, 7) is 5.65. The van der Waals surface area contributed by atoms with Crippen molar-refractivity contribution in [1.29, 1.82) is 0 Å². The van der Waals surface area contributed by atoms with Gasteiger partial charge in [-0.1, -0.05) is 81.4 Å². The number of benzene rings is 2. The lowest BCUT2D eigenvalue weighted by molar-refractivity contribution is -0.140. The van der Waals surface area contributed by atoms with E-state index in [2.05, 4.69) is 20.3 Å². The highest BCUT2D eigenvalue weighted by molar-refractivity contribution is 7.92. The summed E-state index contributed by atoms with van der Waals surface area (Å²) in [6, 6.07) is 17.5. The molecule has 216 valence electrons. The number of carbonyl (C=O) groups is 2. The Bertz CT molecular complexity index is 1370. The third-order valence-electron chi connectivity index (χ3n) is 6.25. The van der Waals surface area contributed by atoms with Crippen molar-refractivity contribution in [2.24, 2.45) is 11.3 Å².